The second kappa shape index (κ2) is 10.9. The molecule has 2 aliphatic rings. The number of nitrogens with zero attached hydrogens (tertiary/aromatic N) is 2. The SMILES string of the molecule is CCNC(=NCC1(N2CCOCC2)CCSC1)NCCOc1ccc(C)cc1. The third kappa shape index (κ3) is 6.03. The van der Waals surface area contributed by atoms with Crippen LogP contribution in [0.2, 0.25) is 0 Å². The van der Waals surface area contributed by atoms with Gasteiger partial charge >= 0.3 is 0 Å². The molecule has 1 atom stereocenters. The first kappa shape index (κ1) is 21.3. The van der Waals surface area contributed by atoms with E-state index in [1.165, 1.54) is 17.7 Å². The van der Waals surface area contributed by atoms with Crippen molar-refractivity contribution in [1.82, 2.24) is 15.5 Å². The van der Waals surface area contributed by atoms with Crippen molar-refractivity contribution in [3.8, 4) is 5.75 Å². The van der Waals surface area contributed by atoms with Crippen molar-refractivity contribution in [3.63, 3.8) is 0 Å². The van der Waals surface area contributed by atoms with Crippen molar-refractivity contribution < 1.29 is 9.47 Å². The fourth-order valence-corrected chi connectivity index (χ4v) is 5.12. The normalized spacial score (nSPS) is 23.6. The fraction of sp³-hybridized carbons (Fsp3) is 0.667. The van der Waals surface area contributed by atoms with E-state index >= 15 is 0 Å². The van der Waals surface area contributed by atoms with E-state index < -0.39 is 0 Å². The van der Waals surface area contributed by atoms with Gasteiger partial charge in [-0.25, -0.2) is 0 Å². The third-order valence-corrected chi connectivity index (χ3v) is 6.56. The van der Waals surface area contributed by atoms with Crippen LogP contribution < -0.4 is 15.4 Å². The maximum absolute atomic E-state index is 5.81. The molecule has 2 N–H and O–H groups in total. The highest BCUT2D eigenvalue weighted by atomic mass is 32.2. The van der Waals surface area contributed by atoms with Crippen LogP contribution >= 0.6 is 11.8 Å². The van der Waals surface area contributed by atoms with Crippen LogP contribution in [0.5, 0.6) is 5.75 Å². The quantitative estimate of drug-likeness (QED) is 0.392. The minimum Gasteiger partial charge on any atom is -0.492 e. The van der Waals surface area contributed by atoms with E-state index in [9.17, 15) is 0 Å². The van der Waals surface area contributed by atoms with Crippen LogP contribution in [0.1, 0.15) is 18.9 Å². The predicted molar refractivity (Wildman–Crippen MR) is 118 cm³/mol. The van der Waals surface area contributed by atoms with Gasteiger partial charge in [0.1, 0.15) is 12.4 Å². The molecule has 6 nitrogen and oxygen atoms in total. The molecule has 1 aromatic rings. The molecule has 0 aliphatic carbocycles. The van der Waals surface area contributed by atoms with E-state index in [2.05, 4.69) is 41.5 Å². The second-order valence-electron chi connectivity index (χ2n) is 7.41. The number of ether oxygens (including phenoxy) is 2. The molecule has 0 radical (unpaired) electrons. The van der Waals surface area contributed by atoms with E-state index in [0.29, 0.717) is 6.61 Å². The Morgan fingerprint density at radius 2 is 2.04 bits per heavy atom. The van der Waals surface area contributed by atoms with Crippen LogP contribution in [0, 0.1) is 6.92 Å². The lowest BCUT2D eigenvalue weighted by Crippen LogP contribution is -2.56. The fourth-order valence-electron chi connectivity index (χ4n) is 3.65. The summed E-state index contributed by atoms with van der Waals surface area (Å²) in [5, 5.41) is 6.78. The van der Waals surface area contributed by atoms with Gasteiger partial charge in [-0.1, -0.05) is 17.7 Å². The number of rotatable bonds is 8. The van der Waals surface area contributed by atoms with Crippen molar-refractivity contribution >= 4 is 17.7 Å². The topological polar surface area (TPSA) is 58.1 Å². The first-order chi connectivity index (χ1) is 13.7. The van der Waals surface area contributed by atoms with Gasteiger partial charge in [-0.05, 0) is 38.2 Å². The Morgan fingerprint density at radius 1 is 1.25 bits per heavy atom. The van der Waals surface area contributed by atoms with Gasteiger partial charge < -0.3 is 20.1 Å². The number of hydrogen-bond donors (Lipinski definition) is 2. The zero-order valence-electron chi connectivity index (χ0n) is 17.2. The highest BCUT2D eigenvalue weighted by Crippen LogP contribution is 2.34. The molecule has 2 aliphatic heterocycles. The summed E-state index contributed by atoms with van der Waals surface area (Å²) in [7, 11) is 0. The highest BCUT2D eigenvalue weighted by Gasteiger charge is 2.40. The van der Waals surface area contributed by atoms with Crippen molar-refractivity contribution in [1.29, 1.82) is 0 Å². The number of nitrogens with one attached hydrogen (secondary N) is 2. The standard InChI is InChI=1S/C21H34N4O2S/c1-3-22-20(23-9-12-27-19-6-4-18(2)5-7-19)24-16-21(8-15-28-17-21)25-10-13-26-14-11-25/h4-7H,3,8-17H2,1-2H3,(H2,22,23,24). The van der Waals surface area contributed by atoms with Crippen molar-refractivity contribution in [2.45, 2.75) is 25.8 Å². The number of guanidine groups is 1. The molecule has 0 saturated carbocycles. The Balaban J connectivity index is 1.51. The number of benzene rings is 1. The molecule has 0 bridgehead atoms. The Kier molecular flexibility index (Phi) is 8.30. The average molecular weight is 407 g/mol. The number of aryl methyl sites for hydroxylation is 1. The van der Waals surface area contributed by atoms with E-state index in [4.69, 9.17) is 14.5 Å². The van der Waals surface area contributed by atoms with Crippen LogP contribution in [0.4, 0.5) is 0 Å². The lowest BCUT2D eigenvalue weighted by Gasteiger charge is -2.42. The lowest BCUT2D eigenvalue weighted by atomic mass is 9.96. The molecule has 0 aromatic heterocycles. The van der Waals surface area contributed by atoms with Gasteiger partial charge in [0.05, 0.1) is 31.8 Å². The monoisotopic (exact) mass is 406 g/mol. The number of hydrogen-bond acceptors (Lipinski definition) is 5. The van der Waals surface area contributed by atoms with Crippen molar-refractivity contribution in [2.24, 2.45) is 4.99 Å². The molecule has 2 saturated heterocycles. The molecule has 1 unspecified atom stereocenters. The second-order valence-corrected chi connectivity index (χ2v) is 8.51. The molecule has 0 spiro atoms. The maximum Gasteiger partial charge on any atom is 0.191 e. The molecule has 28 heavy (non-hydrogen) atoms. The Hall–Kier alpha value is -1.44. The van der Waals surface area contributed by atoms with Gasteiger partial charge in [-0.3, -0.25) is 9.89 Å². The van der Waals surface area contributed by atoms with Gasteiger partial charge in [0.15, 0.2) is 5.96 Å². The molecular weight excluding hydrogens is 372 g/mol. The molecule has 2 heterocycles. The Labute approximate surface area is 173 Å². The lowest BCUT2D eigenvalue weighted by molar-refractivity contribution is -0.0104. The first-order valence-corrected chi connectivity index (χ1v) is 11.5. The van der Waals surface area contributed by atoms with Gasteiger partial charge in [0, 0.05) is 25.4 Å². The van der Waals surface area contributed by atoms with Gasteiger partial charge in [-0.15, -0.1) is 0 Å². The van der Waals surface area contributed by atoms with E-state index in [1.54, 1.807) is 0 Å². The van der Waals surface area contributed by atoms with Crippen LogP contribution in [0.15, 0.2) is 29.3 Å². The number of thioether (sulfide) groups is 1. The van der Waals surface area contributed by atoms with Crippen molar-refractivity contribution in [3.05, 3.63) is 29.8 Å². The maximum atomic E-state index is 5.81. The molecular formula is C21H34N4O2S. The van der Waals surface area contributed by atoms with Gasteiger partial charge in [-0.2, -0.15) is 11.8 Å². The number of morpholine rings is 1. The summed E-state index contributed by atoms with van der Waals surface area (Å²) in [5.74, 6) is 4.16. The molecule has 3 rings (SSSR count). The van der Waals surface area contributed by atoms with Gasteiger partial charge in [0.25, 0.3) is 0 Å². The average Bonchev–Trinajstić information content (AvgIpc) is 3.21. The summed E-state index contributed by atoms with van der Waals surface area (Å²) in [6.45, 7) is 10.9. The first-order valence-electron chi connectivity index (χ1n) is 10.3. The summed E-state index contributed by atoms with van der Waals surface area (Å²) < 4.78 is 11.4. The smallest absolute Gasteiger partial charge is 0.191 e. The number of aliphatic imine (C=N–C) groups is 1. The molecule has 0 amide bonds. The van der Waals surface area contributed by atoms with E-state index in [1.807, 2.05) is 23.9 Å². The largest absolute Gasteiger partial charge is 0.492 e. The molecule has 2 fully saturated rings. The minimum absolute atomic E-state index is 0.176. The summed E-state index contributed by atoms with van der Waals surface area (Å²) in [6.07, 6.45) is 1.21. The summed E-state index contributed by atoms with van der Waals surface area (Å²) >= 11 is 2.05. The highest BCUT2D eigenvalue weighted by molar-refractivity contribution is 7.99. The zero-order chi connectivity index (χ0) is 19.7. The Morgan fingerprint density at radius 3 is 2.71 bits per heavy atom. The van der Waals surface area contributed by atoms with Crippen LogP contribution in [0.25, 0.3) is 0 Å². The van der Waals surface area contributed by atoms with Crippen LogP contribution in [0.3, 0.4) is 0 Å². The van der Waals surface area contributed by atoms with Crippen molar-refractivity contribution in [2.75, 3.05) is 64.1 Å². The molecule has 7 heteroatoms. The third-order valence-electron chi connectivity index (χ3n) is 5.32. The molecule has 156 valence electrons. The van der Waals surface area contributed by atoms with Crippen LogP contribution in [-0.2, 0) is 4.74 Å². The van der Waals surface area contributed by atoms with E-state index in [0.717, 1.165) is 63.4 Å². The summed E-state index contributed by atoms with van der Waals surface area (Å²) in [6, 6.07) is 8.16. The van der Waals surface area contributed by atoms with Crippen LogP contribution in [-0.4, -0.2) is 80.4 Å². The minimum atomic E-state index is 0.176. The Bertz CT molecular complexity index is 611. The molecule has 1 aromatic carbocycles. The van der Waals surface area contributed by atoms with E-state index in [-0.39, 0.29) is 5.54 Å². The predicted octanol–water partition coefficient (Wildman–Crippen LogP) is 2.14. The summed E-state index contributed by atoms with van der Waals surface area (Å²) in [4.78, 5) is 7.54. The zero-order valence-corrected chi connectivity index (χ0v) is 18.0. The summed E-state index contributed by atoms with van der Waals surface area (Å²) in [5.41, 5.74) is 1.42. The van der Waals surface area contributed by atoms with Gasteiger partial charge in [0.2, 0.25) is 0 Å².